The molecule has 0 aliphatic heterocycles. The fourth-order valence-corrected chi connectivity index (χ4v) is 3.06. The Bertz CT molecular complexity index is 582. The fourth-order valence-electron chi connectivity index (χ4n) is 2.49. The predicted octanol–water partition coefficient (Wildman–Crippen LogP) is 5.25. The molecule has 2 aromatic carbocycles. The lowest BCUT2D eigenvalue weighted by Crippen LogP contribution is -1.94. The highest BCUT2D eigenvalue weighted by Gasteiger charge is 2.19. The lowest BCUT2D eigenvalue weighted by molar-refractivity contribution is 0.991. The summed E-state index contributed by atoms with van der Waals surface area (Å²) in [6.07, 6.45) is 4.49. The first-order valence-electron chi connectivity index (χ1n) is 5.83. The average molecular weight is 285 g/mol. The van der Waals surface area contributed by atoms with Gasteiger partial charge in [0.1, 0.15) is 0 Å². The Labute approximate surface area is 110 Å². The van der Waals surface area contributed by atoms with Gasteiger partial charge in [-0.1, -0.05) is 71.4 Å². The van der Waals surface area contributed by atoms with Gasteiger partial charge in [0, 0.05) is 16.0 Å². The van der Waals surface area contributed by atoms with Gasteiger partial charge in [-0.2, -0.15) is 0 Å². The van der Waals surface area contributed by atoms with Crippen LogP contribution in [0.5, 0.6) is 0 Å². The summed E-state index contributed by atoms with van der Waals surface area (Å²) in [5.74, 6) is 0.498. The van der Waals surface area contributed by atoms with Crippen LogP contribution >= 0.6 is 15.9 Å². The summed E-state index contributed by atoms with van der Waals surface area (Å²) < 4.78 is 1.18. The second-order valence-electron chi connectivity index (χ2n) is 4.44. The largest absolute Gasteiger partial charge is 0.0766 e. The molecule has 0 saturated heterocycles. The van der Waals surface area contributed by atoms with Gasteiger partial charge in [-0.25, -0.2) is 0 Å². The maximum Gasteiger partial charge on any atom is 0.0257 e. The molecule has 84 valence electrons. The van der Waals surface area contributed by atoms with Gasteiger partial charge in [0.2, 0.25) is 0 Å². The molecular weight excluding hydrogens is 272 g/mol. The van der Waals surface area contributed by atoms with Crippen LogP contribution in [0.3, 0.4) is 0 Å². The van der Waals surface area contributed by atoms with Crippen LogP contribution < -0.4 is 0 Å². The van der Waals surface area contributed by atoms with Gasteiger partial charge in [0.25, 0.3) is 0 Å². The van der Waals surface area contributed by atoms with Crippen LogP contribution in [0.4, 0.5) is 0 Å². The molecule has 3 rings (SSSR count). The molecule has 0 amide bonds. The molecule has 1 atom stereocenters. The summed E-state index contributed by atoms with van der Waals surface area (Å²) in [4.78, 5) is 0. The Morgan fingerprint density at radius 2 is 1.76 bits per heavy atom. The normalized spacial score (nSPS) is 17.2. The van der Waals surface area contributed by atoms with E-state index in [9.17, 15) is 0 Å². The Balaban J connectivity index is 2.28. The minimum atomic E-state index is 0.498. The molecule has 2 aromatic rings. The number of allylic oxidation sites excluding steroid dienone is 1. The third-order valence-electron chi connectivity index (χ3n) is 3.31. The van der Waals surface area contributed by atoms with Crippen molar-refractivity contribution in [1.29, 1.82) is 0 Å². The highest BCUT2D eigenvalue weighted by molar-refractivity contribution is 9.10. The van der Waals surface area contributed by atoms with Crippen LogP contribution in [0.15, 0.2) is 53.0 Å². The van der Waals surface area contributed by atoms with Gasteiger partial charge in [0.05, 0.1) is 0 Å². The van der Waals surface area contributed by atoms with Crippen molar-refractivity contribution in [2.24, 2.45) is 0 Å². The van der Waals surface area contributed by atoms with E-state index in [1.54, 1.807) is 0 Å². The smallest absolute Gasteiger partial charge is 0.0257 e. The van der Waals surface area contributed by atoms with E-state index in [0.29, 0.717) is 5.92 Å². The van der Waals surface area contributed by atoms with Crippen LogP contribution in [-0.4, -0.2) is 0 Å². The first kappa shape index (κ1) is 10.8. The molecule has 0 heterocycles. The average Bonchev–Trinajstić information content (AvgIpc) is 2.73. The monoisotopic (exact) mass is 284 g/mol. The van der Waals surface area contributed by atoms with Crippen LogP contribution in [0.2, 0.25) is 0 Å². The standard InChI is InChI=1S/C16H13Br/c1-11-7-8-13-9-10-14(17)16(15(11)13)12-5-3-2-4-6-12/h2-11H,1H3. The van der Waals surface area contributed by atoms with Crippen molar-refractivity contribution in [2.75, 3.05) is 0 Å². The highest BCUT2D eigenvalue weighted by atomic mass is 79.9. The zero-order valence-corrected chi connectivity index (χ0v) is 11.2. The molecule has 0 aromatic heterocycles. The topological polar surface area (TPSA) is 0 Å². The third kappa shape index (κ3) is 1.75. The lowest BCUT2D eigenvalue weighted by Gasteiger charge is -2.14. The second kappa shape index (κ2) is 4.15. The number of benzene rings is 2. The Morgan fingerprint density at radius 3 is 2.53 bits per heavy atom. The van der Waals surface area contributed by atoms with E-state index >= 15 is 0 Å². The molecule has 0 bridgehead atoms. The highest BCUT2D eigenvalue weighted by Crippen LogP contribution is 2.41. The number of rotatable bonds is 1. The summed E-state index contributed by atoms with van der Waals surface area (Å²) in [6, 6.07) is 14.9. The molecular formula is C16H13Br. The van der Waals surface area contributed by atoms with E-state index in [4.69, 9.17) is 0 Å². The van der Waals surface area contributed by atoms with Crippen LogP contribution in [0, 0.1) is 0 Å². The van der Waals surface area contributed by atoms with E-state index < -0.39 is 0 Å². The van der Waals surface area contributed by atoms with Crippen molar-refractivity contribution in [3.05, 3.63) is 64.1 Å². The van der Waals surface area contributed by atoms with Gasteiger partial charge in [-0.05, 0) is 22.8 Å². The number of hydrogen-bond acceptors (Lipinski definition) is 0. The van der Waals surface area contributed by atoms with Gasteiger partial charge < -0.3 is 0 Å². The summed E-state index contributed by atoms with van der Waals surface area (Å²) in [5.41, 5.74) is 5.40. The SMILES string of the molecule is CC1C=Cc2ccc(Br)c(-c3ccccc3)c21. The molecule has 0 N–H and O–H groups in total. The van der Waals surface area contributed by atoms with Gasteiger partial charge in [0.15, 0.2) is 0 Å². The van der Waals surface area contributed by atoms with Crippen molar-refractivity contribution in [2.45, 2.75) is 12.8 Å². The summed E-state index contributed by atoms with van der Waals surface area (Å²) in [5, 5.41) is 0. The van der Waals surface area contributed by atoms with Crippen molar-refractivity contribution in [3.63, 3.8) is 0 Å². The van der Waals surface area contributed by atoms with Crippen LogP contribution in [0.25, 0.3) is 17.2 Å². The van der Waals surface area contributed by atoms with Crippen LogP contribution in [-0.2, 0) is 0 Å². The van der Waals surface area contributed by atoms with Gasteiger partial charge >= 0.3 is 0 Å². The summed E-state index contributed by atoms with van der Waals surface area (Å²) in [7, 11) is 0. The first-order valence-corrected chi connectivity index (χ1v) is 6.62. The molecule has 0 saturated carbocycles. The van der Waals surface area contributed by atoms with Crippen molar-refractivity contribution < 1.29 is 0 Å². The minimum absolute atomic E-state index is 0.498. The van der Waals surface area contributed by atoms with Crippen molar-refractivity contribution in [3.8, 4) is 11.1 Å². The molecule has 1 aliphatic carbocycles. The minimum Gasteiger partial charge on any atom is -0.0766 e. The number of hydrogen-bond donors (Lipinski definition) is 0. The molecule has 0 fully saturated rings. The van der Waals surface area contributed by atoms with E-state index in [1.807, 2.05) is 0 Å². The molecule has 1 heteroatoms. The molecule has 0 radical (unpaired) electrons. The van der Waals surface area contributed by atoms with E-state index in [1.165, 1.54) is 26.7 Å². The lowest BCUT2D eigenvalue weighted by atomic mass is 9.92. The van der Waals surface area contributed by atoms with Gasteiger partial charge in [-0.15, -0.1) is 0 Å². The fraction of sp³-hybridized carbons (Fsp3) is 0.125. The van der Waals surface area contributed by atoms with Crippen molar-refractivity contribution in [1.82, 2.24) is 0 Å². The number of fused-ring (bicyclic) bond motifs is 1. The Morgan fingerprint density at radius 1 is 1.00 bits per heavy atom. The maximum atomic E-state index is 3.69. The van der Waals surface area contributed by atoms with Crippen LogP contribution in [0.1, 0.15) is 24.0 Å². The molecule has 17 heavy (non-hydrogen) atoms. The summed E-state index contributed by atoms with van der Waals surface area (Å²) in [6.45, 7) is 2.25. The van der Waals surface area contributed by atoms with Gasteiger partial charge in [-0.3, -0.25) is 0 Å². The third-order valence-corrected chi connectivity index (χ3v) is 3.97. The van der Waals surface area contributed by atoms with E-state index in [2.05, 4.69) is 77.5 Å². The Kier molecular flexibility index (Phi) is 2.64. The molecule has 0 nitrogen and oxygen atoms in total. The quantitative estimate of drug-likeness (QED) is 0.671. The number of halogens is 1. The molecule has 0 spiro atoms. The zero-order valence-electron chi connectivity index (χ0n) is 9.65. The second-order valence-corrected chi connectivity index (χ2v) is 5.29. The Hall–Kier alpha value is -1.34. The van der Waals surface area contributed by atoms with E-state index in [0.717, 1.165) is 0 Å². The van der Waals surface area contributed by atoms with Crippen molar-refractivity contribution >= 4 is 22.0 Å². The van der Waals surface area contributed by atoms with E-state index in [-0.39, 0.29) is 0 Å². The predicted molar refractivity (Wildman–Crippen MR) is 77.0 cm³/mol. The zero-order chi connectivity index (χ0) is 11.8. The first-order chi connectivity index (χ1) is 8.27. The maximum absolute atomic E-state index is 3.69. The molecule has 1 unspecified atom stereocenters. The molecule has 1 aliphatic rings. The summed E-state index contributed by atoms with van der Waals surface area (Å²) >= 11 is 3.69.